The number of hydrazone groups is 1. The number of anilines is 1. The molecule has 6 heteroatoms. The van der Waals surface area contributed by atoms with Crippen molar-refractivity contribution in [3.05, 3.63) is 29.8 Å². The molecule has 2 aliphatic rings. The highest BCUT2D eigenvalue weighted by Crippen LogP contribution is 2.24. The predicted octanol–water partition coefficient (Wildman–Crippen LogP) is 2.35. The second kappa shape index (κ2) is 6.40. The van der Waals surface area contributed by atoms with Crippen LogP contribution >= 0.6 is 0 Å². The van der Waals surface area contributed by atoms with Gasteiger partial charge in [0.25, 0.3) is 5.91 Å². The van der Waals surface area contributed by atoms with Gasteiger partial charge in [-0.2, -0.15) is 5.10 Å². The minimum atomic E-state index is -0.854. The molecule has 2 aliphatic heterocycles. The predicted molar refractivity (Wildman–Crippen MR) is 87.8 cm³/mol. The van der Waals surface area contributed by atoms with Crippen molar-refractivity contribution < 1.29 is 14.7 Å². The van der Waals surface area contributed by atoms with Gasteiger partial charge >= 0.3 is 5.97 Å². The molecule has 1 aromatic rings. The van der Waals surface area contributed by atoms with E-state index in [1.807, 2.05) is 24.1 Å². The van der Waals surface area contributed by atoms with Gasteiger partial charge < -0.3 is 10.0 Å². The molecule has 1 N–H and O–H groups in total. The van der Waals surface area contributed by atoms with Crippen LogP contribution in [0, 0.1) is 0 Å². The van der Waals surface area contributed by atoms with E-state index in [9.17, 15) is 9.59 Å². The molecule has 0 spiro atoms. The number of nitrogens with zero attached hydrogens (tertiary/aromatic N) is 3. The SMILES string of the molecule is CC1=NN(c2ccc(C(=O)N3CCCC3CC(=O)O)cc2)CC1. The average Bonchev–Trinajstić information content (AvgIpc) is 3.15. The summed E-state index contributed by atoms with van der Waals surface area (Å²) >= 11 is 0. The van der Waals surface area contributed by atoms with E-state index < -0.39 is 5.97 Å². The van der Waals surface area contributed by atoms with Gasteiger partial charge in [-0.3, -0.25) is 14.6 Å². The van der Waals surface area contributed by atoms with Gasteiger partial charge in [0.2, 0.25) is 0 Å². The molecule has 122 valence electrons. The topological polar surface area (TPSA) is 73.2 Å². The zero-order valence-electron chi connectivity index (χ0n) is 13.2. The van der Waals surface area contributed by atoms with Crippen molar-refractivity contribution in [2.75, 3.05) is 18.1 Å². The van der Waals surface area contributed by atoms with Gasteiger partial charge in [-0.05, 0) is 44.0 Å². The summed E-state index contributed by atoms with van der Waals surface area (Å²) < 4.78 is 0. The molecule has 1 atom stereocenters. The Kier molecular flexibility index (Phi) is 4.32. The minimum absolute atomic E-state index is 0.0194. The molecule has 1 saturated heterocycles. The molecule has 0 aromatic heterocycles. The zero-order chi connectivity index (χ0) is 16.4. The van der Waals surface area contributed by atoms with Crippen LogP contribution in [0.25, 0.3) is 0 Å². The molecule has 23 heavy (non-hydrogen) atoms. The summed E-state index contributed by atoms with van der Waals surface area (Å²) in [7, 11) is 0. The summed E-state index contributed by atoms with van der Waals surface area (Å²) in [5.41, 5.74) is 2.69. The summed E-state index contributed by atoms with van der Waals surface area (Å²) in [5.74, 6) is -0.936. The van der Waals surface area contributed by atoms with Gasteiger partial charge in [0, 0.05) is 36.8 Å². The first-order valence-corrected chi connectivity index (χ1v) is 7.99. The van der Waals surface area contributed by atoms with Crippen LogP contribution in [0.4, 0.5) is 5.69 Å². The number of rotatable bonds is 4. The molecule has 2 heterocycles. The Morgan fingerprint density at radius 2 is 2.00 bits per heavy atom. The Morgan fingerprint density at radius 1 is 1.26 bits per heavy atom. The molecule has 0 bridgehead atoms. The second-order valence-corrected chi connectivity index (χ2v) is 6.15. The molecule has 6 nitrogen and oxygen atoms in total. The number of carboxylic acid groups (broad SMARTS) is 1. The summed E-state index contributed by atoms with van der Waals surface area (Å²) in [6, 6.07) is 7.22. The maximum Gasteiger partial charge on any atom is 0.305 e. The van der Waals surface area contributed by atoms with Gasteiger partial charge in [-0.1, -0.05) is 0 Å². The lowest BCUT2D eigenvalue weighted by Crippen LogP contribution is -2.36. The monoisotopic (exact) mass is 315 g/mol. The van der Waals surface area contributed by atoms with Gasteiger partial charge in [0.05, 0.1) is 12.1 Å². The van der Waals surface area contributed by atoms with E-state index in [0.717, 1.165) is 37.2 Å². The third-order valence-electron chi connectivity index (χ3n) is 4.44. The normalized spacial score (nSPS) is 20.7. The molecule has 1 unspecified atom stereocenters. The molecule has 0 radical (unpaired) electrons. The summed E-state index contributed by atoms with van der Waals surface area (Å²) in [6.45, 7) is 3.51. The number of benzene rings is 1. The number of hydrogen-bond donors (Lipinski definition) is 1. The zero-order valence-corrected chi connectivity index (χ0v) is 13.2. The van der Waals surface area contributed by atoms with Crippen LogP contribution in [0.3, 0.4) is 0 Å². The number of carbonyl (C=O) groups is 2. The van der Waals surface area contributed by atoms with Crippen molar-refractivity contribution in [3.8, 4) is 0 Å². The Bertz CT molecular complexity index is 639. The first-order chi connectivity index (χ1) is 11.0. The lowest BCUT2D eigenvalue weighted by molar-refractivity contribution is -0.137. The smallest absolute Gasteiger partial charge is 0.305 e. The fourth-order valence-corrected chi connectivity index (χ4v) is 3.22. The van der Waals surface area contributed by atoms with E-state index in [-0.39, 0.29) is 18.4 Å². The Labute approximate surface area is 135 Å². The van der Waals surface area contributed by atoms with Gasteiger partial charge in [0.1, 0.15) is 0 Å². The van der Waals surface area contributed by atoms with Crippen LogP contribution in [0.15, 0.2) is 29.4 Å². The fraction of sp³-hybridized carbons (Fsp3) is 0.471. The maximum absolute atomic E-state index is 12.6. The molecule has 0 aliphatic carbocycles. The van der Waals surface area contributed by atoms with Crippen LogP contribution in [0.5, 0.6) is 0 Å². The van der Waals surface area contributed by atoms with E-state index in [2.05, 4.69) is 5.10 Å². The highest BCUT2D eigenvalue weighted by Gasteiger charge is 2.30. The summed E-state index contributed by atoms with van der Waals surface area (Å²) in [5, 5.41) is 15.3. The molecular weight excluding hydrogens is 294 g/mol. The summed E-state index contributed by atoms with van der Waals surface area (Å²) in [6.07, 6.45) is 2.61. The van der Waals surface area contributed by atoms with Crippen molar-refractivity contribution >= 4 is 23.3 Å². The lowest BCUT2D eigenvalue weighted by Gasteiger charge is -2.24. The number of aliphatic carboxylic acids is 1. The highest BCUT2D eigenvalue weighted by atomic mass is 16.4. The van der Waals surface area contributed by atoms with Crippen LogP contribution in [-0.4, -0.2) is 46.7 Å². The molecule has 1 fully saturated rings. The number of likely N-dealkylation sites (tertiary alicyclic amines) is 1. The highest BCUT2D eigenvalue weighted by molar-refractivity contribution is 5.95. The van der Waals surface area contributed by atoms with E-state index in [1.165, 1.54) is 0 Å². The maximum atomic E-state index is 12.6. The minimum Gasteiger partial charge on any atom is -0.481 e. The van der Waals surface area contributed by atoms with Crippen molar-refractivity contribution in [2.24, 2.45) is 5.10 Å². The first kappa shape index (κ1) is 15.5. The Hall–Kier alpha value is -2.37. The quantitative estimate of drug-likeness (QED) is 0.925. The van der Waals surface area contributed by atoms with Crippen LogP contribution < -0.4 is 5.01 Å². The third kappa shape index (κ3) is 3.36. The molecule has 1 amide bonds. The van der Waals surface area contributed by atoms with E-state index in [0.29, 0.717) is 12.1 Å². The van der Waals surface area contributed by atoms with Gasteiger partial charge in [0.15, 0.2) is 0 Å². The third-order valence-corrected chi connectivity index (χ3v) is 4.44. The van der Waals surface area contributed by atoms with Crippen molar-refractivity contribution in [1.82, 2.24) is 4.90 Å². The number of amides is 1. The van der Waals surface area contributed by atoms with Crippen molar-refractivity contribution in [1.29, 1.82) is 0 Å². The van der Waals surface area contributed by atoms with Gasteiger partial charge in [-0.15, -0.1) is 0 Å². The van der Waals surface area contributed by atoms with E-state index >= 15 is 0 Å². The average molecular weight is 315 g/mol. The van der Waals surface area contributed by atoms with Crippen LogP contribution in [-0.2, 0) is 4.79 Å². The number of carbonyl (C=O) groups excluding carboxylic acids is 1. The van der Waals surface area contributed by atoms with Crippen molar-refractivity contribution in [3.63, 3.8) is 0 Å². The number of carboxylic acids is 1. The van der Waals surface area contributed by atoms with Crippen LogP contribution in [0.1, 0.15) is 43.0 Å². The largest absolute Gasteiger partial charge is 0.481 e. The van der Waals surface area contributed by atoms with Gasteiger partial charge in [-0.25, -0.2) is 0 Å². The Morgan fingerprint density at radius 3 is 2.61 bits per heavy atom. The van der Waals surface area contributed by atoms with Crippen LogP contribution in [0.2, 0.25) is 0 Å². The van der Waals surface area contributed by atoms with E-state index in [1.54, 1.807) is 17.0 Å². The summed E-state index contributed by atoms with van der Waals surface area (Å²) in [4.78, 5) is 25.2. The Balaban J connectivity index is 1.71. The molecule has 0 saturated carbocycles. The lowest BCUT2D eigenvalue weighted by atomic mass is 10.1. The standard InChI is InChI=1S/C17H21N3O3/c1-12-8-10-20(18-12)14-6-4-13(5-7-14)17(23)19-9-2-3-15(19)11-16(21)22/h4-7,15H,2-3,8-11H2,1H3,(H,21,22). The molecular formula is C17H21N3O3. The van der Waals surface area contributed by atoms with E-state index in [4.69, 9.17) is 5.11 Å². The molecule has 3 rings (SSSR count). The number of hydrogen-bond acceptors (Lipinski definition) is 4. The fourth-order valence-electron chi connectivity index (χ4n) is 3.22. The second-order valence-electron chi connectivity index (χ2n) is 6.15. The first-order valence-electron chi connectivity index (χ1n) is 7.99. The molecule has 1 aromatic carbocycles. The van der Waals surface area contributed by atoms with Crippen molar-refractivity contribution in [2.45, 2.75) is 38.6 Å².